The molecule has 5 heteroatoms. The van der Waals surface area contributed by atoms with Crippen LogP contribution < -0.4 is 11.1 Å². The number of nitrogens with one attached hydrogen (secondary N) is 1. The Labute approximate surface area is 112 Å². The molecule has 0 saturated carbocycles. The van der Waals surface area contributed by atoms with Gasteiger partial charge in [0.05, 0.1) is 11.0 Å². The van der Waals surface area contributed by atoms with Crippen molar-refractivity contribution in [2.75, 3.05) is 13.6 Å². The van der Waals surface area contributed by atoms with E-state index in [2.05, 4.69) is 20.9 Å². The van der Waals surface area contributed by atoms with Crippen molar-refractivity contribution in [3.63, 3.8) is 0 Å². The predicted molar refractivity (Wildman–Crippen MR) is 75.8 cm³/mol. The third-order valence-corrected chi connectivity index (χ3v) is 3.17. The maximum atomic E-state index is 11.3. The molecule has 0 radical (unpaired) electrons. The van der Waals surface area contributed by atoms with Crippen molar-refractivity contribution in [1.82, 2.24) is 14.9 Å². The number of aromatic nitrogens is 2. The SMILES string of the molecule is CNC(=O)CCCn1c(CCN)nc2ccccc21. The Kier molecular flexibility index (Phi) is 4.52. The summed E-state index contributed by atoms with van der Waals surface area (Å²) in [7, 11) is 1.66. The predicted octanol–water partition coefficient (Wildman–Crippen LogP) is 1.06. The Morgan fingerprint density at radius 3 is 2.95 bits per heavy atom. The van der Waals surface area contributed by atoms with Gasteiger partial charge in [-0.3, -0.25) is 4.79 Å². The summed E-state index contributed by atoms with van der Waals surface area (Å²) in [5, 5.41) is 2.64. The number of nitrogens with zero attached hydrogens (tertiary/aromatic N) is 2. The normalized spacial score (nSPS) is 10.8. The number of fused-ring (bicyclic) bond motifs is 1. The second-order valence-corrected chi connectivity index (χ2v) is 4.48. The van der Waals surface area contributed by atoms with Crippen molar-refractivity contribution in [2.45, 2.75) is 25.8 Å². The van der Waals surface area contributed by atoms with Gasteiger partial charge in [-0.05, 0) is 25.1 Å². The molecule has 0 aliphatic rings. The van der Waals surface area contributed by atoms with E-state index in [1.54, 1.807) is 7.05 Å². The maximum absolute atomic E-state index is 11.3. The highest BCUT2D eigenvalue weighted by molar-refractivity contribution is 5.76. The minimum absolute atomic E-state index is 0.0739. The Bertz CT molecular complexity index is 562. The second-order valence-electron chi connectivity index (χ2n) is 4.48. The molecule has 0 bridgehead atoms. The third kappa shape index (κ3) is 3.12. The first-order chi connectivity index (χ1) is 9.26. The van der Waals surface area contributed by atoms with Gasteiger partial charge in [-0.1, -0.05) is 12.1 Å². The maximum Gasteiger partial charge on any atom is 0.219 e. The van der Waals surface area contributed by atoms with Crippen molar-refractivity contribution in [2.24, 2.45) is 5.73 Å². The molecule has 1 heterocycles. The van der Waals surface area contributed by atoms with E-state index in [9.17, 15) is 4.79 Å². The summed E-state index contributed by atoms with van der Waals surface area (Å²) in [6, 6.07) is 8.05. The highest BCUT2D eigenvalue weighted by Gasteiger charge is 2.09. The molecule has 0 spiro atoms. The summed E-state index contributed by atoms with van der Waals surface area (Å²) in [6.45, 7) is 1.38. The Hall–Kier alpha value is -1.88. The average molecular weight is 260 g/mol. The summed E-state index contributed by atoms with van der Waals surface area (Å²) in [5.41, 5.74) is 7.74. The molecule has 3 N–H and O–H groups in total. The van der Waals surface area contributed by atoms with Crippen LogP contribution >= 0.6 is 0 Å². The van der Waals surface area contributed by atoms with Gasteiger partial charge in [0.25, 0.3) is 0 Å². The van der Waals surface area contributed by atoms with Gasteiger partial charge < -0.3 is 15.6 Å². The van der Waals surface area contributed by atoms with Crippen LogP contribution in [0.15, 0.2) is 24.3 Å². The lowest BCUT2D eigenvalue weighted by molar-refractivity contribution is -0.120. The van der Waals surface area contributed by atoms with Crippen LogP contribution in [0.3, 0.4) is 0 Å². The number of imidazole rings is 1. The van der Waals surface area contributed by atoms with Gasteiger partial charge in [0.2, 0.25) is 5.91 Å². The van der Waals surface area contributed by atoms with E-state index in [1.807, 2.05) is 18.2 Å². The molecule has 1 aromatic carbocycles. The van der Waals surface area contributed by atoms with Crippen LogP contribution in [-0.2, 0) is 17.8 Å². The zero-order valence-electron chi connectivity index (χ0n) is 11.2. The van der Waals surface area contributed by atoms with Gasteiger partial charge in [-0.15, -0.1) is 0 Å². The van der Waals surface area contributed by atoms with Gasteiger partial charge in [-0.25, -0.2) is 4.98 Å². The smallest absolute Gasteiger partial charge is 0.219 e. The van der Waals surface area contributed by atoms with Gasteiger partial charge in [0.1, 0.15) is 5.82 Å². The van der Waals surface area contributed by atoms with Crippen LogP contribution in [0.4, 0.5) is 0 Å². The lowest BCUT2D eigenvalue weighted by Gasteiger charge is -2.08. The van der Waals surface area contributed by atoms with E-state index >= 15 is 0 Å². The molecule has 0 aliphatic carbocycles. The van der Waals surface area contributed by atoms with Crippen LogP contribution in [0.25, 0.3) is 11.0 Å². The fourth-order valence-electron chi connectivity index (χ4n) is 2.22. The largest absolute Gasteiger partial charge is 0.359 e. The molecule has 1 amide bonds. The van der Waals surface area contributed by atoms with Crippen molar-refractivity contribution in [1.29, 1.82) is 0 Å². The molecule has 0 fully saturated rings. The Morgan fingerprint density at radius 1 is 1.42 bits per heavy atom. The summed E-state index contributed by atoms with van der Waals surface area (Å²) in [5.74, 6) is 1.07. The fraction of sp³-hybridized carbons (Fsp3) is 0.429. The standard InChI is InChI=1S/C14H20N4O/c1-16-14(19)7-4-10-18-12-6-3-2-5-11(12)17-13(18)8-9-15/h2-3,5-6H,4,7-10,15H2,1H3,(H,16,19). The molecule has 2 rings (SSSR count). The number of rotatable bonds is 6. The van der Waals surface area contributed by atoms with E-state index in [-0.39, 0.29) is 5.91 Å². The molecule has 0 saturated heterocycles. The minimum atomic E-state index is 0.0739. The first-order valence-electron chi connectivity index (χ1n) is 6.61. The molecule has 0 aliphatic heterocycles. The zero-order chi connectivity index (χ0) is 13.7. The molecular formula is C14H20N4O. The number of benzene rings is 1. The van der Waals surface area contributed by atoms with Gasteiger partial charge in [0, 0.05) is 26.4 Å². The summed E-state index contributed by atoms with van der Waals surface area (Å²) in [4.78, 5) is 15.9. The van der Waals surface area contributed by atoms with E-state index in [1.165, 1.54) is 0 Å². The van der Waals surface area contributed by atoms with Crippen molar-refractivity contribution >= 4 is 16.9 Å². The van der Waals surface area contributed by atoms with Gasteiger partial charge in [0.15, 0.2) is 0 Å². The molecule has 1 aromatic heterocycles. The minimum Gasteiger partial charge on any atom is -0.359 e. The van der Waals surface area contributed by atoms with Gasteiger partial charge in [-0.2, -0.15) is 0 Å². The summed E-state index contributed by atoms with van der Waals surface area (Å²) in [6.07, 6.45) is 2.09. The van der Waals surface area contributed by atoms with Crippen LogP contribution in [-0.4, -0.2) is 29.1 Å². The highest BCUT2D eigenvalue weighted by atomic mass is 16.1. The van der Waals surface area contributed by atoms with Crippen molar-refractivity contribution in [3.05, 3.63) is 30.1 Å². The fourth-order valence-corrected chi connectivity index (χ4v) is 2.22. The topological polar surface area (TPSA) is 72.9 Å². The van der Waals surface area contributed by atoms with Crippen LogP contribution in [0.2, 0.25) is 0 Å². The van der Waals surface area contributed by atoms with E-state index in [0.717, 1.165) is 36.2 Å². The Morgan fingerprint density at radius 2 is 2.21 bits per heavy atom. The first-order valence-corrected chi connectivity index (χ1v) is 6.61. The first kappa shape index (κ1) is 13.5. The number of nitrogens with two attached hydrogens (primary N) is 1. The lowest BCUT2D eigenvalue weighted by atomic mass is 10.2. The zero-order valence-corrected chi connectivity index (χ0v) is 11.2. The van der Waals surface area contributed by atoms with Gasteiger partial charge >= 0.3 is 0 Å². The number of carbonyl (C=O) groups excluding carboxylic acids is 1. The Balaban J connectivity index is 2.18. The van der Waals surface area contributed by atoms with E-state index in [4.69, 9.17) is 5.73 Å². The molecule has 2 aromatic rings. The van der Waals surface area contributed by atoms with Crippen molar-refractivity contribution in [3.8, 4) is 0 Å². The number of aryl methyl sites for hydroxylation is 1. The molecule has 102 valence electrons. The highest BCUT2D eigenvalue weighted by Crippen LogP contribution is 2.17. The molecule has 5 nitrogen and oxygen atoms in total. The summed E-state index contributed by atoms with van der Waals surface area (Å²) < 4.78 is 2.17. The number of hydrogen-bond donors (Lipinski definition) is 2. The molecule has 19 heavy (non-hydrogen) atoms. The van der Waals surface area contributed by atoms with E-state index in [0.29, 0.717) is 13.0 Å². The van der Waals surface area contributed by atoms with Crippen LogP contribution in [0, 0.1) is 0 Å². The van der Waals surface area contributed by atoms with Crippen LogP contribution in [0.5, 0.6) is 0 Å². The molecule has 0 atom stereocenters. The monoisotopic (exact) mass is 260 g/mol. The second kappa shape index (κ2) is 6.33. The van der Waals surface area contributed by atoms with Crippen molar-refractivity contribution < 1.29 is 4.79 Å². The summed E-state index contributed by atoms with van der Waals surface area (Å²) >= 11 is 0. The number of hydrogen-bond acceptors (Lipinski definition) is 3. The number of amides is 1. The third-order valence-electron chi connectivity index (χ3n) is 3.17. The van der Waals surface area contributed by atoms with E-state index < -0.39 is 0 Å². The number of carbonyl (C=O) groups is 1. The van der Waals surface area contributed by atoms with Crippen LogP contribution in [0.1, 0.15) is 18.7 Å². The molecular weight excluding hydrogens is 240 g/mol. The number of para-hydroxylation sites is 2. The quantitative estimate of drug-likeness (QED) is 0.815. The lowest BCUT2D eigenvalue weighted by Crippen LogP contribution is -2.18. The molecule has 0 unspecified atom stereocenters. The average Bonchev–Trinajstić information content (AvgIpc) is 2.77.